The molecular weight excluding hydrogens is 234 g/mol. The van der Waals surface area contributed by atoms with E-state index in [4.69, 9.17) is 0 Å². The molecule has 1 heterocycles. The molecule has 3 rings (SSSR count). The van der Waals surface area contributed by atoms with Crippen LogP contribution in [0.1, 0.15) is 27.5 Å². The number of carbonyl (C=O) groups excluding carboxylic acids is 1. The van der Waals surface area contributed by atoms with E-state index in [-0.39, 0.29) is 17.9 Å². The molecule has 2 nitrogen and oxygen atoms in total. The maximum absolute atomic E-state index is 12.5. The molecule has 2 aromatic rings. The zero-order chi connectivity index (χ0) is 13.4. The van der Waals surface area contributed by atoms with E-state index < -0.39 is 0 Å². The lowest BCUT2D eigenvalue weighted by Gasteiger charge is -2.00. The van der Waals surface area contributed by atoms with Gasteiger partial charge in [0.15, 0.2) is 5.78 Å². The van der Waals surface area contributed by atoms with Crippen molar-refractivity contribution in [1.82, 2.24) is 4.90 Å². The van der Waals surface area contributed by atoms with Gasteiger partial charge in [-0.3, -0.25) is 9.69 Å². The van der Waals surface area contributed by atoms with Crippen LogP contribution in [0.2, 0.25) is 0 Å². The summed E-state index contributed by atoms with van der Waals surface area (Å²) in [5.74, 6) is 0.219. The minimum atomic E-state index is -0.00916. The molecule has 1 fully saturated rings. The van der Waals surface area contributed by atoms with Crippen LogP contribution in [0.5, 0.6) is 0 Å². The summed E-state index contributed by atoms with van der Waals surface area (Å²) in [5, 5.41) is 0. The highest BCUT2D eigenvalue weighted by molar-refractivity contribution is 6.02. The lowest BCUT2D eigenvalue weighted by Crippen LogP contribution is -2.11. The highest BCUT2D eigenvalue weighted by Crippen LogP contribution is 2.42. The van der Waals surface area contributed by atoms with Gasteiger partial charge in [-0.25, -0.2) is 0 Å². The van der Waals surface area contributed by atoms with Crippen LogP contribution in [0.25, 0.3) is 0 Å². The Kier molecular flexibility index (Phi) is 2.96. The third-order valence-corrected chi connectivity index (χ3v) is 3.83. The molecule has 0 aromatic heterocycles. The van der Waals surface area contributed by atoms with Crippen molar-refractivity contribution >= 4 is 5.78 Å². The Bertz CT molecular complexity index is 588. The first kappa shape index (κ1) is 12.1. The predicted octanol–water partition coefficient (Wildman–Crippen LogP) is 3.23. The maximum Gasteiger partial charge on any atom is 0.181 e. The van der Waals surface area contributed by atoms with Crippen molar-refractivity contribution in [2.75, 3.05) is 7.05 Å². The summed E-state index contributed by atoms with van der Waals surface area (Å²) in [5.41, 5.74) is 3.21. The Labute approximate surface area is 113 Å². The number of carbonyl (C=O) groups is 1. The molecule has 0 spiro atoms. The monoisotopic (exact) mass is 251 g/mol. The molecule has 0 amide bonds. The third kappa shape index (κ3) is 2.20. The van der Waals surface area contributed by atoms with Crippen LogP contribution in [0, 0.1) is 6.92 Å². The molecule has 0 bridgehead atoms. The second kappa shape index (κ2) is 4.63. The van der Waals surface area contributed by atoms with Gasteiger partial charge in [-0.1, -0.05) is 60.2 Å². The summed E-state index contributed by atoms with van der Waals surface area (Å²) in [4.78, 5) is 14.6. The molecule has 1 aliphatic heterocycles. The number of Topliss-reactive ketones (excluding diaryl/α,β-unsaturated/α-hetero) is 1. The number of hydrogen-bond donors (Lipinski definition) is 0. The van der Waals surface area contributed by atoms with Crippen molar-refractivity contribution in [3.05, 3.63) is 71.3 Å². The number of aryl methyl sites for hydroxylation is 1. The van der Waals surface area contributed by atoms with Gasteiger partial charge in [0, 0.05) is 5.56 Å². The first-order valence-electron chi connectivity index (χ1n) is 6.56. The van der Waals surface area contributed by atoms with Crippen molar-refractivity contribution in [1.29, 1.82) is 0 Å². The van der Waals surface area contributed by atoms with E-state index in [1.807, 2.05) is 56.4 Å². The molecular formula is C17H17NO. The fourth-order valence-electron chi connectivity index (χ4n) is 2.62. The summed E-state index contributed by atoms with van der Waals surface area (Å²) in [6.45, 7) is 2.03. The molecule has 0 N–H and O–H groups in total. The molecule has 96 valence electrons. The second-order valence-corrected chi connectivity index (χ2v) is 5.20. The van der Waals surface area contributed by atoms with Crippen LogP contribution < -0.4 is 0 Å². The Morgan fingerprint density at radius 1 is 1.00 bits per heavy atom. The van der Waals surface area contributed by atoms with E-state index in [2.05, 4.69) is 17.0 Å². The first-order valence-corrected chi connectivity index (χ1v) is 6.56. The second-order valence-electron chi connectivity index (χ2n) is 5.20. The van der Waals surface area contributed by atoms with Crippen molar-refractivity contribution in [3.8, 4) is 0 Å². The highest BCUT2D eigenvalue weighted by Gasteiger charge is 2.50. The van der Waals surface area contributed by atoms with E-state index in [9.17, 15) is 4.79 Å². The van der Waals surface area contributed by atoms with E-state index in [1.165, 1.54) is 11.1 Å². The van der Waals surface area contributed by atoms with Gasteiger partial charge in [0.05, 0.1) is 12.1 Å². The number of rotatable bonds is 3. The lowest BCUT2D eigenvalue weighted by molar-refractivity contribution is 0.0977. The summed E-state index contributed by atoms with van der Waals surface area (Å²) in [6.07, 6.45) is 0. The summed E-state index contributed by atoms with van der Waals surface area (Å²) < 4.78 is 0. The van der Waals surface area contributed by atoms with Crippen LogP contribution in [0.3, 0.4) is 0 Å². The van der Waals surface area contributed by atoms with E-state index in [0.29, 0.717) is 0 Å². The fourth-order valence-corrected chi connectivity index (χ4v) is 2.62. The topological polar surface area (TPSA) is 20.1 Å². The van der Waals surface area contributed by atoms with Gasteiger partial charge in [0.25, 0.3) is 0 Å². The Morgan fingerprint density at radius 2 is 1.63 bits per heavy atom. The highest BCUT2D eigenvalue weighted by atomic mass is 16.1. The quantitative estimate of drug-likeness (QED) is 0.616. The molecule has 3 atom stereocenters. The number of hydrogen-bond acceptors (Lipinski definition) is 2. The zero-order valence-corrected chi connectivity index (χ0v) is 11.2. The fraction of sp³-hybridized carbons (Fsp3) is 0.235. The van der Waals surface area contributed by atoms with Crippen LogP contribution in [0.15, 0.2) is 54.6 Å². The van der Waals surface area contributed by atoms with Gasteiger partial charge in [0.1, 0.15) is 0 Å². The molecule has 2 heteroatoms. The maximum atomic E-state index is 12.5. The van der Waals surface area contributed by atoms with Gasteiger partial charge in [-0.2, -0.15) is 0 Å². The van der Waals surface area contributed by atoms with E-state index >= 15 is 0 Å². The van der Waals surface area contributed by atoms with Crippen LogP contribution >= 0.6 is 0 Å². The van der Waals surface area contributed by atoms with E-state index in [0.717, 1.165) is 5.56 Å². The summed E-state index contributed by atoms with van der Waals surface area (Å²) in [7, 11) is 2.01. The Balaban J connectivity index is 1.81. The molecule has 2 aromatic carbocycles. The molecule has 1 saturated heterocycles. The summed E-state index contributed by atoms with van der Waals surface area (Å²) >= 11 is 0. The van der Waals surface area contributed by atoms with Gasteiger partial charge in [0.2, 0.25) is 0 Å². The number of benzene rings is 2. The minimum Gasteiger partial charge on any atom is -0.292 e. The smallest absolute Gasteiger partial charge is 0.181 e. The standard InChI is InChI=1S/C17H17NO/c1-12-8-10-14(11-9-12)17(19)16-15(18(16)2)13-6-4-3-5-7-13/h3-11,15-16H,1-2H3. The molecule has 3 unspecified atom stereocenters. The van der Waals surface area contributed by atoms with Crippen LogP contribution in [0.4, 0.5) is 0 Å². The van der Waals surface area contributed by atoms with Crippen molar-refractivity contribution in [3.63, 3.8) is 0 Å². The summed E-state index contributed by atoms with van der Waals surface area (Å²) in [6, 6.07) is 18.3. The van der Waals surface area contributed by atoms with Crippen molar-refractivity contribution in [2.24, 2.45) is 0 Å². The molecule has 0 aliphatic carbocycles. The predicted molar refractivity (Wildman–Crippen MR) is 76.2 cm³/mol. The normalized spacial score (nSPS) is 25.1. The first-order chi connectivity index (χ1) is 9.18. The van der Waals surface area contributed by atoms with Gasteiger partial charge in [-0.05, 0) is 19.5 Å². The largest absolute Gasteiger partial charge is 0.292 e. The van der Waals surface area contributed by atoms with Crippen LogP contribution in [-0.4, -0.2) is 23.8 Å². The van der Waals surface area contributed by atoms with E-state index in [1.54, 1.807) is 0 Å². The Morgan fingerprint density at radius 3 is 2.26 bits per heavy atom. The SMILES string of the molecule is Cc1ccc(C(=O)C2C(c3ccccc3)N2C)cc1. The minimum absolute atomic E-state index is 0.00916. The lowest BCUT2D eigenvalue weighted by atomic mass is 10.0. The van der Waals surface area contributed by atoms with Gasteiger partial charge >= 0.3 is 0 Å². The third-order valence-electron chi connectivity index (χ3n) is 3.83. The van der Waals surface area contributed by atoms with Crippen LogP contribution in [-0.2, 0) is 0 Å². The molecule has 1 aliphatic rings. The number of nitrogens with zero attached hydrogens (tertiary/aromatic N) is 1. The van der Waals surface area contributed by atoms with Crippen molar-refractivity contribution in [2.45, 2.75) is 19.0 Å². The zero-order valence-electron chi connectivity index (χ0n) is 11.2. The average Bonchev–Trinajstić information content (AvgIpc) is 3.11. The van der Waals surface area contributed by atoms with Gasteiger partial charge in [-0.15, -0.1) is 0 Å². The van der Waals surface area contributed by atoms with Crippen molar-refractivity contribution < 1.29 is 4.79 Å². The average molecular weight is 251 g/mol. The number of likely N-dealkylation sites (N-methyl/N-ethyl adjacent to an activating group) is 1. The molecule has 0 saturated carbocycles. The molecule has 19 heavy (non-hydrogen) atoms. The number of ketones is 1. The molecule has 0 radical (unpaired) electrons. The Hall–Kier alpha value is -1.93. The van der Waals surface area contributed by atoms with Gasteiger partial charge < -0.3 is 0 Å².